The Labute approximate surface area is 153 Å². The second kappa shape index (κ2) is 7.99. The number of aliphatic carboxylic acids is 1. The first-order valence-corrected chi connectivity index (χ1v) is 8.34. The van der Waals surface area contributed by atoms with E-state index in [0.717, 1.165) is 10.0 Å². The van der Waals surface area contributed by atoms with Crippen molar-refractivity contribution < 1.29 is 19.0 Å². The van der Waals surface area contributed by atoms with Crippen molar-refractivity contribution in [3.63, 3.8) is 0 Å². The molecule has 0 unspecified atom stereocenters. The van der Waals surface area contributed by atoms with Gasteiger partial charge in [-0.15, -0.1) is 0 Å². The summed E-state index contributed by atoms with van der Waals surface area (Å²) in [6.07, 6.45) is 0. The summed E-state index contributed by atoms with van der Waals surface area (Å²) in [5.74, 6) is -1.13. The third-order valence-electron chi connectivity index (χ3n) is 2.83. The molecule has 0 fully saturated rings. The van der Waals surface area contributed by atoms with Crippen LogP contribution in [0.5, 0.6) is 5.75 Å². The van der Waals surface area contributed by atoms with Crippen LogP contribution in [0.2, 0.25) is 5.02 Å². The maximum Gasteiger partial charge on any atom is 0.341 e. The lowest BCUT2D eigenvalue weighted by atomic mass is 10.2. The lowest BCUT2D eigenvalue weighted by molar-refractivity contribution is -0.139. The van der Waals surface area contributed by atoms with E-state index in [0.29, 0.717) is 22.5 Å². The van der Waals surface area contributed by atoms with Crippen molar-refractivity contribution in [1.29, 1.82) is 0 Å². The number of carboxylic acid groups (broad SMARTS) is 1. The molecule has 122 valence electrons. The maximum atomic E-state index is 13.2. The molecule has 0 aliphatic carbocycles. The smallest absolute Gasteiger partial charge is 0.341 e. The van der Waals surface area contributed by atoms with Crippen LogP contribution in [0.15, 0.2) is 39.3 Å². The fourth-order valence-corrected chi connectivity index (χ4v) is 3.45. The summed E-state index contributed by atoms with van der Waals surface area (Å²) in [5, 5.41) is 11.9. The number of carboxylic acids is 1. The van der Waals surface area contributed by atoms with E-state index in [-0.39, 0.29) is 5.02 Å². The van der Waals surface area contributed by atoms with E-state index < -0.39 is 18.4 Å². The van der Waals surface area contributed by atoms with Crippen LogP contribution >= 0.6 is 43.5 Å². The zero-order valence-electron chi connectivity index (χ0n) is 11.6. The average Bonchev–Trinajstić information content (AvgIpc) is 2.47. The molecule has 0 aromatic heterocycles. The van der Waals surface area contributed by atoms with Gasteiger partial charge in [0.25, 0.3) is 0 Å². The molecule has 0 aliphatic rings. The van der Waals surface area contributed by atoms with Crippen LogP contribution < -0.4 is 10.1 Å². The highest BCUT2D eigenvalue weighted by molar-refractivity contribution is 9.11. The van der Waals surface area contributed by atoms with Crippen molar-refractivity contribution in [2.75, 3.05) is 11.9 Å². The molecule has 0 radical (unpaired) electrons. The Kier molecular flexibility index (Phi) is 6.26. The predicted octanol–water partition coefficient (Wildman–Crippen LogP) is 5.08. The molecular weight excluding hydrogens is 456 g/mol. The first-order valence-electron chi connectivity index (χ1n) is 6.38. The van der Waals surface area contributed by atoms with Gasteiger partial charge in [0.05, 0.1) is 9.50 Å². The normalized spacial score (nSPS) is 10.4. The number of benzene rings is 2. The number of rotatable bonds is 6. The van der Waals surface area contributed by atoms with E-state index in [4.69, 9.17) is 21.4 Å². The molecule has 0 saturated heterocycles. The third kappa shape index (κ3) is 5.09. The minimum atomic E-state index is -1.07. The fourth-order valence-electron chi connectivity index (χ4n) is 1.84. The van der Waals surface area contributed by atoms with Gasteiger partial charge in [-0.25, -0.2) is 9.18 Å². The Morgan fingerprint density at radius 2 is 2.04 bits per heavy atom. The zero-order chi connectivity index (χ0) is 17.0. The van der Waals surface area contributed by atoms with Crippen molar-refractivity contribution >= 4 is 55.1 Å². The molecule has 4 nitrogen and oxygen atoms in total. The first kappa shape index (κ1) is 18.0. The molecule has 0 amide bonds. The van der Waals surface area contributed by atoms with Crippen LogP contribution in [0.1, 0.15) is 5.56 Å². The van der Waals surface area contributed by atoms with Gasteiger partial charge >= 0.3 is 5.97 Å². The van der Waals surface area contributed by atoms with Crippen LogP contribution in [-0.2, 0) is 11.3 Å². The van der Waals surface area contributed by atoms with Gasteiger partial charge in [0.2, 0.25) is 0 Å². The summed E-state index contributed by atoms with van der Waals surface area (Å²) in [4.78, 5) is 10.7. The van der Waals surface area contributed by atoms with Crippen LogP contribution in [0.3, 0.4) is 0 Å². The molecule has 23 heavy (non-hydrogen) atoms. The van der Waals surface area contributed by atoms with Gasteiger partial charge < -0.3 is 15.2 Å². The first-order chi connectivity index (χ1) is 10.9. The zero-order valence-corrected chi connectivity index (χ0v) is 15.5. The minimum absolute atomic E-state index is 0.0211. The van der Waals surface area contributed by atoms with Crippen molar-refractivity contribution in [3.8, 4) is 5.75 Å². The van der Waals surface area contributed by atoms with E-state index in [1.807, 2.05) is 0 Å². The van der Waals surface area contributed by atoms with Gasteiger partial charge in [-0.3, -0.25) is 0 Å². The standard InChI is InChI=1S/C15H11Br2ClFNO3/c16-9-3-8(15(11(17)4-9)23-7-14(21)22)6-20-10-1-2-13(19)12(18)5-10/h1-5,20H,6-7H2,(H,21,22). The maximum absolute atomic E-state index is 13.2. The lowest BCUT2D eigenvalue weighted by Crippen LogP contribution is -2.12. The molecule has 2 N–H and O–H groups in total. The largest absolute Gasteiger partial charge is 0.480 e. The van der Waals surface area contributed by atoms with E-state index >= 15 is 0 Å². The van der Waals surface area contributed by atoms with Crippen LogP contribution in [0.25, 0.3) is 0 Å². The fraction of sp³-hybridized carbons (Fsp3) is 0.133. The number of hydrogen-bond acceptors (Lipinski definition) is 3. The number of carbonyl (C=O) groups is 1. The van der Waals surface area contributed by atoms with Gasteiger partial charge in [0.1, 0.15) is 11.6 Å². The predicted molar refractivity (Wildman–Crippen MR) is 93.7 cm³/mol. The Bertz CT molecular complexity index is 743. The highest BCUT2D eigenvalue weighted by atomic mass is 79.9. The molecule has 0 bridgehead atoms. The number of halogens is 4. The van der Waals surface area contributed by atoms with Crippen molar-refractivity contribution in [3.05, 3.63) is 55.7 Å². The Morgan fingerprint density at radius 3 is 2.70 bits per heavy atom. The van der Waals surface area contributed by atoms with E-state index in [1.54, 1.807) is 18.2 Å². The topological polar surface area (TPSA) is 58.6 Å². The SMILES string of the molecule is O=C(O)COc1c(Br)cc(Br)cc1CNc1ccc(F)c(Cl)c1. The highest BCUT2D eigenvalue weighted by Gasteiger charge is 2.12. The van der Waals surface area contributed by atoms with E-state index in [9.17, 15) is 9.18 Å². The van der Waals surface area contributed by atoms with Crippen molar-refractivity contribution in [2.45, 2.75) is 6.54 Å². The molecule has 0 saturated carbocycles. The summed E-state index contributed by atoms with van der Waals surface area (Å²) in [6, 6.07) is 7.87. The lowest BCUT2D eigenvalue weighted by Gasteiger charge is -2.14. The van der Waals surface area contributed by atoms with E-state index in [1.165, 1.54) is 12.1 Å². The van der Waals surface area contributed by atoms with Crippen molar-refractivity contribution in [1.82, 2.24) is 0 Å². The Hall–Kier alpha value is -1.31. The van der Waals surface area contributed by atoms with Gasteiger partial charge in [-0.05, 0) is 46.3 Å². The molecule has 8 heteroatoms. The molecule has 2 aromatic rings. The second-order valence-corrected chi connectivity index (χ2v) is 6.72. The number of nitrogens with one attached hydrogen (secondary N) is 1. The molecule has 0 spiro atoms. The number of ether oxygens (including phenoxy) is 1. The van der Waals surface area contributed by atoms with Crippen LogP contribution in [0.4, 0.5) is 10.1 Å². The molecular formula is C15H11Br2ClFNO3. The molecule has 2 rings (SSSR count). The quantitative estimate of drug-likeness (QED) is 0.622. The number of hydrogen-bond donors (Lipinski definition) is 2. The Balaban J connectivity index is 2.20. The summed E-state index contributed by atoms with van der Waals surface area (Å²) < 4.78 is 19.9. The highest BCUT2D eigenvalue weighted by Crippen LogP contribution is 2.33. The Morgan fingerprint density at radius 1 is 1.30 bits per heavy atom. The molecule has 0 aliphatic heterocycles. The monoisotopic (exact) mass is 465 g/mol. The second-order valence-electron chi connectivity index (χ2n) is 4.54. The van der Waals surface area contributed by atoms with Gasteiger partial charge in [0, 0.05) is 22.3 Å². The third-order valence-corrected chi connectivity index (χ3v) is 4.16. The van der Waals surface area contributed by atoms with Gasteiger partial charge in [-0.2, -0.15) is 0 Å². The molecule has 0 atom stereocenters. The summed E-state index contributed by atoms with van der Waals surface area (Å²) in [5.41, 5.74) is 1.37. The summed E-state index contributed by atoms with van der Waals surface area (Å²) in [6.45, 7) is -0.107. The molecule has 0 heterocycles. The summed E-state index contributed by atoms with van der Waals surface area (Å²) >= 11 is 12.5. The minimum Gasteiger partial charge on any atom is -0.480 e. The number of anilines is 1. The van der Waals surface area contributed by atoms with Crippen molar-refractivity contribution in [2.24, 2.45) is 0 Å². The van der Waals surface area contributed by atoms with E-state index in [2.05, 4.69) is 37.2 Å². The van der Waals surface area contributed by atoms with Gasteiger partial charge in [0.15, 0.2) is 6.61 Å². The summed E-state index contributed by atoms with van der Waals surface area (Å²) in [7, 11) is 0. The molecule has 2 aromatic carbocycles. The van der Waals surface area contributed by atoms with Crippen LogP contribution in [0, 0.1) is 5.82 Å². The van der Waals surface area contributed by atoms with Gasteiger partial charge in [-0.1, -0.05) is 27.5 Å². The van der Waals surface area contributed by atoms with Crippen LogP contribution in [-0.4, -0.2) is 17.7 Å². The average molecular weight is 468 g/mol.